The Morgan fingerprint density at radius 2 is 2.06 bits per heavy atom. The van der Waals surface area contributed by atoms with Crippen LogP contribution in [-0.2, 0) is 11.3 Å². The third-order valence-corrected chi connectivity index (χ3v) is 2.59. The van der Waals surface area contributed by atoms with Gasteiger partial charge in [0.05, 0.1) is 19.4 Å². The maximum absolute atomic E-state index is 6.13. The van der Waals surface area contributed by atoms with Gasteiger partial charge in [-0.1, -0.05) is 23.7 Å². The van der Waals surface area contributed by atoms with E-state index in [1.165, 1.54) is 0 Å². The lowest BCUT2D eigenvalue weighted by molar-refractivity contribution is 0.181. The molecular formula is C12H13ClN2O2. The first kappa shape index (κ1) is 12.0. The molecule has 0 saturated heterocycles. The first-order valence-electron chi connectivity index (χ1n) is 5.13. The average molecular weight is 253 g/mol. The molecule has 0 N–H and O–H groups in total. The lowest BCUT2D eigenvalue weighted by atomic mass is 10.3. The normalized spacial score (nSPS) is 10.5. The maximum atomic E-state index is 6.13. The van der Waals surface area contributed by atoms with Gasteiger partial charge in [0.1, 0.15) is 16.6 Å². The number of benzene rings is 1. The van der Waals surface area contributed by atoms with Crippen LogP contribution in [0.15, 0.2) is 30.3 Å². The Bertz CT molecular complexity index is 511. The number of nitrogens with zero attached hydrogens (tertiary/aromatic N) is 2. The minimum Gasteiger partial charge on any atom is -0.494 e. The van der Waals surface area contributed by atoms with Crippen molar-refractivity contribution < 1.29 is 9.47 Å². The second-order valence-electron chi connectivity index (χ2n) is 3.48. The first-order chi connectivity index (χ1) is 8.26. The number of hydrogen-bond donors (Lipinski definition) is 0. The fourth-order valence-corrected chi connectivity index (χ4v) is 1.85. The second-order valence-corrected chi connectivity index (χ2v) is 3.86. The molecule has 0 spiro atoms. The summed E-state index contributed by atoms with van der Waals surface area (Å²) in [5.74, 6) is 0.724. The number of halogens is 1. The molecule has 0 fully saturated rings. The maximum Gasteiger partial charge on any atom is 0.144 e. The standard InChI is InChI=1S/C12H13ClN2O2/c1-16-8-9-7-12(13)15(14-9)10-5-3-4-6-11(10)17-2/h3-7H,8H2,1-2H3. The van der Waals surface area contributed by atoms with Gasteiger partial charge < -0.3 is 9.47 Å². The molecule has 0 amide bonds. The number of rotatable bonds is 4. The van der Waals surface area contributed by atoms with Crippen LogP contribution in [0.25, 0.3) is 5.69 Å². The number of ether oxygens (including phenoxy) is 2. The monoisotopic (exact) mass is 252 g/mol. The van der Waals surface area contributed by atoms with Crippen LogP contribution in [0.5, 0.6) is 5.75 Å². The van der Waals surface area contributed by atoms with E-state index in [2.05, 4.69) is 5.10 Å². The summed E-state index contributed by atoms with van der Waals surface area (Å²) in [5, 5.41) is 4.89. The summed E-state index contributed by atoms with van der Waals surface area (Å²) in [4.78, 5) is 0. The Labute approximate surface area is 105 Å². The van der Waals surface area contributed by atoms with Gasteiger partial charge in [0.15, 0.2) is 0 Å². The quantitative estimate of drug-likeness (QED) is 0.839. The Kier molecular flexibility index (Phi) is 3.66. The molecule has 0 unspecified atom stereocenters. The van der Waals surface area contributed by atoms with Crippen molar-refractivity contribution in [3.8, 4) is 11.4 Å². The van der Waals surface area contributed by atoms with E-state index < -0.39 is 0 Å². The van der Waals surface area contributed by atoms with Crippen molar-refractivity contribution in [3.05, 3.63) is 41.2 Å². The van der Waals surface area contributed by atoms with Crippen LogP contribution in [0.4, 0.5) is 0 Å². The summed E-state index contributed by atoms with van der Waals surface area (Å²) < 4.78 is 11.9. The van der Waals surface area contributed by atoms with Crippen molar-refractivity contribution in [2.75, 3.05) is 14.2 Å². The van der Waals surface area contributed by atoms with E-state index in [9.17, 15) is 0 Å². The average Bonchev–Trinajstić information content (AvgIpc) is 2.70. The molecule has 0 aliphatic heterocycles. The molecule has 2 rings (SSSR count). The first-order valence-corrected chi connectivity index (χ1v) is 5.51. The lowest BCUT2D eigenvalue weighted by Crippen LogP contribution is -2.00. The van der Waals surface area contributed by atoms with Crippen LogP contribution in [0.2, 0.25) is 5.15 Å². The van der Waals surface area contributed by atoms with Crippen LogP contribution >= 0.6 is 11.6 Å². The fraction of sp³-hybridized carbons (Fsp3) is 0.250. The Morgan fingerprint density at radius 3 is 2.76 bits per heavy atom. The van der Waals surface area contributed by atoms with Crippen molar-refractivity contribution in [1.29, 1.82) is 0 Å². The topological polar surface area (TPSA) is 36.3 Å². The molecule has 4 nitrogen and oxygen atoms in total. The Hall–Kier alpha value is -1.52. The summed E-state index contributed by atoms with van der Waals surface area (Å²) in [7, 11) is 3.24. The van der Waals surface area contributed by atoms with Gasteiger partial charge in [-0.25, -0.2) is 4.68 Å². The van der Waals surface area contributed by atoms with Crippen LogP contribution in [-0.4, -0.2) is 24.0 Å². The zero-order valence-corrected chi connectivity index (χ0v) is 10.4. The van der Waals surface area contributed by atoms with Gasteiger partial charge in [-0.2, -0.15) is 5.10 Å². The third kappa shape index (κ3) is 2.43. The fourth-order valence-electron chi connectivity index (χ4n) is 1.60. The highest BCUT2D eigenvalue weighted by atomic mass is 35.5. The van der Waals surface area contributed by atoms with E-state index in [-0.39, 0.29) is 0 Å². The summed E-state index contributed by atoms with van der Waals surface area (Å²) >= 11 is 6.13. The van der Waals surface area contributed by atoms with Gasteiger partial charge in [-0.05, 0) is 12.1 Å². The van der Waals surface area contributed by atoms with Crippen molar-refractivity contribution in [2.45, 2.75) is 6.61 Å². The van der Waals surface area contributed by atoms with E-state index in [1.807, 2.05) is 24.3 Å². The van der Waals surface area contributed by atoms with Gasteiger partial charge in [0.2, 0.25) is 0 Å². The molecule has 2 aromatic rings. The van der Waals surface area contributed by atoms with E-state index in [4.69, 9.17) is 21.1 Å². The molecule has 0 aliphatic rings. The minimum atomic E-state index is 0.432. The van der Waals surface area contributed by atoms with Gasteiger partial charge in [0.25, 0.3) is 0 Å². The van der Waals surface area contributed by atoms with Crippen LogP contribution in [0.1, 0.15) is 5.69 Å². The van der Waals surface area contributed by atoms with Crippen molar-refractivity contribution in [3.63, 3.8) is 0 Å². The number of methoxy groups -OCH3 is 2. The SMILES string of the molecule is COCc1cc(Cl)n(-c2ccccc2OC)n1. The molecule has 90 valence electrons. The highest BCUT2D eigenvalue weighted by Crippen LogP contribution is 2.25. The lowest BCUT2D eigenvalue weighted by Gasteiger charge is -2.08. The van der Waals surface area contributed by atoms with Crippen molar-refractivity contribution in [2.24, 2.45) is 0 Å². The van der Waals surface area contributed by atoms with Crippen LogP contribution in [0, 0.1) is 0 Å². The molecule has 1 aromatic heterocycles. The van der Waals surface area contributed by atoms with Gasteiger partial charge in [0, 0.05) is 13.2 Å². The number of hydrogen-bond acceptors (Lipinski definition) is 3. The van der Waals surface area contributed by atoms with Crippen molar-refractivity contribution in [1.82, 2.24) is 9.78 Å². The highest BCUT2D eigenvalue weighted by Gasteiger charge is 2.11. The summed E-state index contributed by atoms with van der Waals surface area (Å²) in [6, 6.07) is 9.34. The smallest absolute Gasteiger partial charge is 0.144 e. The molecule has 0 radical (unpaired) electrons. The van der Waals surface area contributed by atoms with E-state index in [0.29, 0.717) is 11.8 Å². The molecular weight excluding hydrogens is 240 g/mol. The molecule has 0 atom stereocenters. The van der Waals surface area contributed by atoms with Gasteiger partial charge in [-0.15, -0.1) is 0 Å². The summed E-state index contributed by atoms with van der Waals surface area (Å²) in [6.07, 6.45) is 0. The molecule has 0 bridgehead atoms. The van der Waals surface area contributed by atoms with Gasteiger partial charge in [-0.3, -0.25) is 0 Å². The Balaban J connectivity index is 2.45. The largest absolute Gasteiger partial charge is 0.494 e. The van der Waals surface area contributed by atoms with Crippen LogP contribution in [0.3, 0.4) is 0 Å². The molecule has 17 heavy (non-hydrogen) atoms. The van der Waals surface area contributed by atoms with E-state index >= 15 is 0 Å². The predicted molar refractivity (Wildman–Crippen MR) is 65.8 cm³/mol. The molecule has 1 aromatic carbocycles. The zero-order chi connectivity index (χ0) is 12.3. The predicted octanol–water partition coefficient (Wildman–Crippen LogP) is 2.68. The zero-order valence-electron chi connectivity index (χ0n) is 9.68. The summed E-state index contributed by atoms with van der Waals surface area (Å²) in [6.45, 7) is 0.432. The third-order valence-electron chi connectivity index (χ3n) is 2.32. The molecule has 0 aliphatic carbocycles. The second kappa shape index (κ2) is 5.21. The van der Waals surface area contributed by atoms with Gasteiger partial charge >= 0.3 is 0 Å². The minimum absolute atomic E-state index is 0.432. The number of aromatic nitrogens is 2. The molecule has 0 saturated carbocycles. The van der Waals surface area contributed by atoms with E-state index in [0.717, 1.165) is 17.1 Å². The molecule has 1 heterocycles. The highest BCUT2D eigenvalue weighted by molar-refractivity contribution is 6.29. The van der Waals surface area contributed by atoms with Crippen molar-refractivity contribution >= 4 is 11.6 Å². The Morgan fingerprint density at radius 1 is 1.29 bits per heavy atom. The van der Waals surface area contributed by atoms with Crippen LogP contribution < -0.4 is 4.74 Å². The number of para-hydroxylation sites is 2. The summed E-state index contributed by atoms with van der Waals surface area (Å²) in [5.41, 5.74) is 1.59. The van der Waals surface area contributed by atoms with E-state index in [1.54, 1.807) is 25.0 Å². The molecule has 5 heteroatoms.